The van der Waals surface area contributed by atoms with Crippen LogP contribution in [0.4, 0.5) is 0 Å². The predicted molar refractivity (Wildman–Crippen MR) is 67.5 cm³/mol. The molecule has 15 heavy (non-hydrogen) atoms. The molecule has 0 radical (unpaired) electrons. The fourth-order valence-electron chi connectivity index (χ4n) is 1.48. The van der Waals surface area contributed by atoms with Gasteiger partial charge in [-0.1, -0.05) is 20.3 Å². The highest BCUT2D eigenvalue weighted by Crippen LogP contribution is 2.11. The van der Waals surface area contributed by atoms with Gasteiger partial charge in [0.15, 0.2) is 0 Å². The fraction of sp³-hybridized carbons (Fsp3) is 0.750. The Morgan fingerprint density at radius 2 is 2.20 bits per heavy atom. The molecule has 1 N–H and O–H groups in total. The Morgan fingerprint density at radius 3 is 2.73 bits per heavy atom. The van der Waals surface area contributed by atoms with Gasteiger partial charge in [-0.25, -0.2) is 4.98 Å². The van der Waals surface area contributed by atoms with E-state index in [0.29, 0.717) is 6.04 Å². The average Bonchev–Trinajstić information content (AvgIpc) is 2.63. The van der Waals surface area contributed by atoms with Gasteiger partial charge in [0.05, 0.1) is 5.01 Å². The van der Waals surface area contributed by atoms with Gasteiger partial charge >= 0.3 is 0 Å². The number of hydrogen-bond donors (Lipinski definition) is 1. The molecule has 1 heterocycles. The second kappa shape index (κ2) is 6.23. The first-order valence-electron chi connectivity index (χ1n) is 5.78. The zero-order valence-electron chi connectivity index (χ0n) is 10.2. The molecule has 0 aliphatic heterocycles. The van der Waals surface area contributed by atoms with Crippen LogP contribution in [0.25, 0.3) is 0 Å². The number of aromatic nitrogens is 1. The van der Waals surface area contributed by atoms with Crippen molar-refractivity contribution >= 4 is 11.3 Å². The predicted octanol–water partition coefficient (Wildman–Crippen LogP) is 3.02. The number of rotatable bonds is 6. The molecule has 0 bridgehead atoms. The summed E-state index contributed by atoms with van der Waals surface area (Å²) in [6, 6.07) is 0.607. The maximum absolute atomic E-state index is 4.36. The first-order chi connectivity index (χ1) is 7.13. The maximum atomic E-state index is 4.36. The molecule has 1 aromatic rings. The normalized spacial score (nSPS) is 15.2. The Balaban J connectivity index is 2.21. The van der Waals surface area contributed by atoms with Crippen LogP contribution in [0.3, 0.4) is 0 Å². The van der Waals surface area contributed by atoms with Crippen LogP contribution in [0.15, 0.2) is 6.20 Å². The third kappa shape index (κ3) is 4.31. The van der Waals surface area contributed by atoms with Gasteiger partial charge in [0.25, 0.3) is 0 Å². The molecular weight excluding hydrogens is 204 g/mol. The lowest BCUT2D eigenvalue weighted by Gasteiger charge is -2.19. The van der Waals surface area contributed by atoms with Crippen molar-refractivity contribution in [3.8, 4) is 0 Å². The van der Waals surface area contributed by atoms with E-state index in [1.807, 2.05) is 6.20 Å². The molecule has 0 aromatic carbocycles. The van der Waals surface area contributed by atoms with Gasteiger partial charge in [-0.3, -0.25) is 0 Å². The number of nitrogens with zero attached hydrogens (tertiary/aromatic N) is 1. The summed E-state index contributed by atoms with van der Waals surface area (Å²) in [6.07, 6.45) is 4.25. The summed E-state index contributed by atoms with van der Waals surface area (Å²) in [4.78, 5) is 5.66. The molecule has 0 aliphatic rings. The van der Waals surface area contributed by atoms with Crippen LogP contribution in [0.5, 0.6) is 0 Å². The van der Waals surface area contributed by atoms with Crippen molar-refractivity contribution < 1.29 is 0 Å². The van der Waals surface area contributed by atoms with Crippen LogP contribution >= 0.6 is 11.3 Å². The molecule has 2 unspecified atom stereocenters. The third-order valence-electron chi connectivity index (χ3n) is 2.97. The Labute approximate surface area is 97.1 Å². The van der Waals surface area contributed by atoms with Crippen LogP contribution in [-0.4, -0.2) is 17.6 Å². The SMILES string of the molecule is CCC(C)C(C)NCCc1ncc(C)s1. The van der Waals surface area contributed by atoms with Crippen LogP contribution in [0, 0.1) is 12.8 Å². The summed E-state index contributed by atoms with van der Waals surface area (Å²) in [6.45, 7) is 9.95. The van der Waals surface area contributed by atoms with Gasteiger partial charge < -0.3 is 5.32 Å². The summed E-state index contributed by atoms with van der Waals surface area (Å²) in [5, 5.41) is 4.80. The Kier molecular flexibility index (Phi) is 5.26. The van der Waals surface area contributed by atoms with Crippen LogP contribution in [0.2, 0.25) is 0 Å². The summed E-state index contributed by atoms with van der Waals surface area (Å²) in [5.41, 5.74) is 0. The number of aryl methyl sites for hydroxylation is 1. The lowest BCUT2D eigenvalue weighted by atomic mass is 10.0. The quantitative estimate of drug-likeness (QED) is 0.806. The summed E-state index contributed by atoms with van der Waals surface area (Å²) >= 11 is 1.80. The number of thiazole rings is 1. The first kappa shape index (κ1) is 12.7. The molecular formula is C12H22N2S. The van der Waals surface area contributed by atoms with Gasteiger partial charge in [0.2, 0.25) is 0 Å². The van der Waals surface area contributed by atoms with Crippen LogP contribution in [0.1, 0.15) is 37.1 Å². The monoisotopic (exact) mass is 226 g/mol. The molecule has 1 aromatic heterocycles. The fourth-order valence-corrected chi connectivity index (χ4v) is 2.27. The molecule has 1 rings (SSSR count). The van der Waals surface area contributed by atoms with Crippen molar-refractivity contribution in [2.45, 2.75) is 46.6 Å². The van der Waals surface area contributed by atoms with E-state index in [-0.39, 0.29) is 0 Å². The molecule has 0 spiro atoms. The van der Waals surface area contributed by atoms with Crippen molar-refractivity contribution in [1.82, 2.24) is 10.3 Å². The largest absolute Gasteiger partial charge is 0.314 e. The van der Waals surface area contributed by atoms with E-state index in [2.05, 4.69) is 38.0 Å². The molecule has 0 saturated heterocycles. The van der Waals surface area contributed by atoms with Gasteiger partial charge in [-0.15, -0.1) is 11.3 Å². The lowest BCUT2D eigenvalue weighted by molar-refractivity contribution is 0.393. The highest BCUT2D eigenvalue weighted by molar-refractivity contribution is 7.11. The van der Waals surface area contributed by atoms with Crippen LogP contribution in [-0.2, 0) is 6.42 Å². The van der Waals surface area contributed by atoms with E-state index in [9.17, 15) is 0 Å². The summed E-state index contributed by atoms with van der Waals surface area (Å²) in [5.74, 6) is 0.753. The first-order valence-corrected chi connectivity index (χ1v) is 6.59. The van der Waals surface area contributed by atoms with Crippen molar-refractivity contribution in [3.05, 3.63) is 16.1 Å². The topological polar surface area (TPSA) is 24.9 Å². The van der Waals surface area contributed by atoms with Crippen molar-refractivity contribution in [2.75, 3.05) is 6.54 Å². The Morgan fingerprint density at radius 1 is 1.47 bits per heavy atom. The molecule has 2 atom stereocenters. The molecule has 2 nitrogen and oxygen atoms in total. The van der Waals surface area contributed by atoms with Gasteiger partial charge in [0, 0.05) is 30.1 Å². The molecule has 0 fully saturated rings. The standard InChI is InChI=1S/C12H22N2S/c1-5-9(2)11(4)13-7-6-12-14-8-10(3)15-12/h8-9,11,13H,5-7H2,1-4H3. The molecule has 86 valence electrons. The number of nitrogens with one attached hydrogen (secondary N) is 1. The summed E-state index contributed by atoms with van der Waals surface area (Å²) in [7, 11) is 0. The minimum Gasteiger partial charge on any atom is -0.314 e. The van der Waals surface area contributed by atoms with E-state index >= 15 is 0 Å². The second-order valence-electron chi connectivity index (χ2n) is 4.24. The Bertz CT molecular complexity index is 283. The smallest absolute Gasteiger partial charge is 0.0940 e. The van der Waals surface area contributed by atoms with Crippen molar-refractivity contribution in [3.63, 3.8) is 0 Å². The van der Waals surface area contributed by atoms with E-state index in [1.165, 1.54) is 16.3 Å². The van der Waals surface area contributed by atoms with Gasteiger partial charge in [-0.2, -0.15) is 0 Å². The van der Waals surface area contributed by atoms with Gasteiger partial charge in [-0.05, 0) is 19.8 Å². The van der Waals surface area contributed by atoms with E-state index < -0.39 is 0 Å². The molecule has 0 amide bonds. The molecule has 0 saturated carbocycles. The molecule has 0 aliphatic carbocycles. The second-order valence-corrected chi connectivity index (χ2v) is 5.56. The Hall–Kier alpha value is -0.410. The van der Waals surface area contributed by atoms with E-state index in [4.69, 9.17) is 0 Å². The van der Waals surface area contributed by atoms with Crippen molar-refractivity contribution in [2.24, 2.45) is 5.92 Å². The number of hydrogen-bond acceptors (Lipinski definition) is 3. The van der Waals surface area contributed by atoms with Gasteiger partial charge in [0.1, 0.15) is 0 Å². The third-order valence-corrected chi connectivity index (χ3v) is 3.94. The highest BCUT2D eigenvalue weighted by atomic mass is 32.1. The average molecular weight is 226 g/mol. The zero-order chi connectivity index (χ0) is 11.3. The highest BCUT2D eigenvalue weighted by Gasteiger charge is 2.08. The maximum Gasteiger partial charge on any atom is 0.0940 e. The van der Waals surface area contributed by atoms with E-state index in [1.54, 1.807) is 11.3 Å². The van der Waals surface area contributed by atoms with Crippen LogP contribution < -0.4 is 5.32 Å². The molecule has 3 heteroatoms. The summed E-state index contributed by atoms with van der Waals surface area (Å²) < 4.78 is 0. The minimum absolute atomic E-state index is 0.607. The zero-order valence-corrected chi connectivity index (χ0v) is 11.0. The van der Waals surface area contributed by atoms with Crippen molar-refractivity contribution in [1.29, 1.82) is 0 Å². The lowest BCUT2D eigenvalue weighted by Crippen LogP contribution is -2.33. The minimum atomic E-state index is 0.607. The van der Waals surface area contributed by atoms with E-state index in [0.717, 1.165) is 18.9 Å².